The maximum absolute atomic E-state index is 13.0. The summed E-state index contributed by atoms with van der Waals surface area (Å²) >= 11 is 0. The number of nitrogens with one attached hydrogen (secondary N) is 2. The zero-order valence-electron chi connectivity index (χ0n) is 14.8. The number of carbonyl (C=O) groups is 1. The lowest BCUT2D eigenvalue weighted by Gasteiger charge is -2.21. The van der Waals surface area contributed by atoms with Crippen LogP contribution in [0.4, 0.5) is 5.69 Å². The van der Waals surface area contributed by atoms with E-state index in [0.29, 0.717) is 16.7 Å². The summed E-state index contributed by atoms with van der Waals surface area (Å²) in [7, 11) is -5.87. The normalized spacial score (nSPS) is 18.8. The van der Waals surface area contributed by atoms with E-state index in [1.54, 1.807) is 24.3 Å². The van der Waals surface area contributed by atoms with Crippen molar-refractivity contribution in [1.82, 2.24) is 4.72 Å². The number of rotatable bonds is 3. The third-order valence-electron chi connectivity index (χ3n) is 4.43. The molecule has 0 spiro atoms. The molecule has 0 amide bonds. The first-order valence-corrected chi connectivity index (χ1v) is 11.5. The molecule has 1 heterocycles. The number of ketones is 1. The number of Topliss-reactive ketones (excluding diaryl/α,β-unsaturated/α-hetero) is 1. The monoisotopic (exact) mass is 417 g/mol. The third-order valence-corrected chi connectivity index (χ3v) is 6.43. The summed E-state index contributed by atoms with van der Waals surface area (Å²) in [4.78, 5) is 17.1. The van der Waals surface area contributed by atoms with Crippen molar-refractivity contribution >= 4 is 48.5 Å². The minimum absolute atomic E-state index is 0.0337. The molecule has 0 atom stereocenters. The van der Waals surface area contributed by atoms with Gasteiger partial charge in [-0.25, -0.2) is 16.8 Å². The second-order valence-electron chi connectivity index (χ2n) is 6.39. The van der Waals surface area contributed by atoms with Crippen LogP contribution in [0.2, 0.25) is 0 Å². The standard InChI is InChI=1S/C18H15N3O5S2/c1-19-17-14(10-5-3-6-11(9-10)20-27(2,23)24)16-15-12(18(17)22)7-4-8-13(15)28(25,26)21-16/h3-9,20-21H,1-2H3. The van der Waals surface area contributed by atoms with E-state index in [0.717, 1.165) is 6.26 Å². The minimum atomic E-state index is -3.81. The van der Waals surface area contributed by atoms with E-state index in [9.17, 15) is 21.6 Å². The molecule has 2 aliphatic rings. The van der Waals surface area contributed by atoms with Crippen LogP contribution in [0, 0.1) is 0 Å². The van der Waals surface area contributed by atoms with Gasteiger partial charge in [-0.15, -0.1) is 0 Å². The first-order valence-electron chi connectivity index (χ1n) is 8.13. The first kappa shape index (κ1) is 18.4. The van der Waals surface area contributed by atoms with Crippen molar-refractivity contribution in [3.8, 4) is 0 Å². The molecule has 2 N–H and O–H groups in total. The molecular weight excluding hydrogens is 402 g/mol. The van der Waals surface area contributed by atoms with E-state index in [2.05, 4.69) is 14.4 Å². The maximum Gasteiger partial charge on any atom is 0.262 e. The van der Waals surface area contributed by atoms with Crippen LogP contribution in [0.3, 0.4) is 0 Å². The van der Waals surface area contributed by atoms with Crippen LogP contribution in [-0.4, -0.2) is 41.6 Å². The van der Waals surface area contributed by atoms with Crippen LogP contribution in [0.25, 0.3) is 11.3 Å². The van der Waals surface area contributed by atoms with Gasteiger partial charge in [-0.3, -0.25) is 19.2 Å². The molecule has 0 saturated carbocycles. The lowest BCUT2D eigenvalue weighted by Crippen LogP contribution is -2.26. The number of allylic oxidation sites excluding steroid dienone is 1. The largest absolute Gasteiger partial charge is 0.287 e. The van der Waals surface area contributed by atoms with Gasteiger partial charge in [0.05, 0.1) is 16.8 Å². The van der Waals surface area contributed by atoms with Gasteiger partial charge in [0.15, 0.2) is 0 Å². The zero-order valence-corrected chi connectivity index (χ0v) is 16.5. The van der Waals surface area contributed by atoms with Crippen LogP contribution in [-0.2, 0) is 20.0 Å². The second kappa shape index (κ2) is 6.01. The quantitative estimate of drug-likeness (QED) is 0.783. The number of sulfonamides is 2. The zero-order chi connectivity index (χ0) is 20.3. The molecule has 0 radical (unpaired) electrons. The van der Waals surface area contributed by atoms with Crippen molar-refractivity contribution in [2.24, 2.45) is 4.99 Å². The van der Waals surface area contributed by atoms with Crippen LogP contribution >= 0.6 is 0 Å². The van der Waals surface area contributed by atoms with Gasteiger partial charge in [0.2, 0.25) is 15.8 Å². The minimum Gasteiger partial charge on any atom is -0.287 e. The maximum atomic E-state index is 13.0. The molecule has 0 saturated heterocycles. The molecule has 4 rings (SSSR count). The average molecular weight is 417 g/mol. The Morgan fingerprint density at radius 3 is 2.50 bits per heavy atom. The molecule has 2 aromatic rings. The molecule has 28 heavy (non-hydrogen) atoms. The van der Waals surface area contributed by atoms with Crippen LogP contribution in [0.5, 0.6) is 0 Å². The lowest BCUT2D eigenvalue weighted by molar-refractivity contribution is 0.106. The summed E-state index contributed by atoms with van der Waals surface area (Å²) in [6.07, 6.45) is 1.03. The number of benzene rings is 2. The van der Waals surface area contributed by atoms with E-state index in [4.69, 9.17) is 0 Å². The molecule has 0 bridgehead atoms. The fraction of sp³-hybridized carbons (Fsp3) is 0.111. The van der Waals surface area contributed by atoms with E-state index in [1.165, 1.54) is 25.2 Å². The Bertz CT molecular complexity index is 1320. The van der Waals surface area contributed by atoms with Crippen molar-refractivity contribution in [1.29, 1.82) is 0 Å². The van der Waals surface area contributed by atoms with Crippen molar-refractivity contribution in [2.45, 2.75) is 4.90 Å². The topological polar surface area (TPSA) is 122 Å². The number of nitrogens with zero attached hydrogens (tertiary/aromatic N) is 1. The van der Waals surface area contributed by atoms with Crippen molar-refractivity contribution in [3.05, 3.63) is 59.2 Å². The van der Waals surface area contributed by atoms with Crippen molar-refractivity contribution in [2.75, 3.05) is 18.0 Å². The first-order chi connectivity index (χ1) is 13.1. The molecule has 0 unspecified atom stereocenters. The summed E-state index contributed by atoms with van der Waals surface area (Å²) in [6, 6.07) is 10.9. The van der Waals surface area contributed by atoms with E-state index >= 15 is 0 Å². The highest BCUT2D eigenvalue weighted by atomic mass is 32.2. The van der Waals surface area contributed by atoms with Gasteiger partial charge in [0.1, 0.15) is 5.71 Å². The fourth-order valence-corrected chi connectivity index (χ4v) is 5.30. The highest BCUT2D eigenvalue weighted by Gasteiger charge is 2.41. The van der Waals surface area contributed by atoms with Gasteiger partial charge in [-0.1, -0.05) is 24.3 Å². The predicted octanol–water partition coefficient (Wildman–Crippen LogP) is 1.49. The summed E-state index contributed by atoms with van der Waals surface area (Å²) in [5.74, 6) is -0.390. The van der Waals surface area contributed by atoms with Gasteiger partial charge < -0.3 is 0 Å². The molecule has 1 aliphatic heterocycles. The number of hydrogen-bond donors (Lipinski definition) is 2. The van der Waals surface area contributed by atoms with Crippen LogP contribution < -0.4 is 9.44 Å². The van der Waals surface area contributed by atoms with E-state index < -0.39 is 25.8 Å². The van der Waals surface area contributed by atoms with Crippen molar-refractivity contribution < 1.29 is 21.6 Å². The summed E-state index contributed by atoms with van der Waals surface area (Å²) in [5.41, 5.74) is 2.00. The van der Waals surface area contributed by atoms with Gasteiger partial charge in [-0.05, 0) is 23.8 Å². The lowest BCUT2D eigenvalue weighted by atomic mass is 9.83. The SMILES string of the molecule is CN=C1C(=O)c2cccc3c2C(=C1c1cccc(NS(C)(=O)=O)c1)NS3(=O)=O. The second-order valence-corrected chi connectivity index (χ2v) is 9.79. The summed E-state index contributed by atoms with van der Waals surface area (Å²) < 4.78 is 53.1. The molecule has 0 aromatic heterocycles. The molecule has 0 fully saturated rings. The Kier molecular flexibility index (Phi) is 3.95. The highest BCUT2D eigenvalue weighted by molar-refractivity contribution is 7.92. The Hall–Kier alpha value is -2.98. The summed E-state index contributed by atoms with van der Waals surface area (Å²) in [5, 5.41) is 0. The van der Waals surface area contributed by atoms with E-state index in [-0.39, 0.29) is 27.6 Å². The third kappa shape index (κ3) is 2.81. The Morgan fingerprint density at radius 2 is 1.82 bits per heavy atom. The Labute approximate surface area is 162 Å². The number of hydrogen-bond acceptors (Lipinski definition) is 6. The molecule has 8 nitrogen and oxygen atoms in total. The Morgan fingerprint density at radius 1 is 1.11 bits per heavy atom. The smallest absolute Gasteiger partial charge is 0.262 e. The van der Waals surface area contributed by atoms with Gasteiger partial charge in [-0.2, -0.15) is 0 Å². The molecule has 2 aromatic carbocycles. The van der Waals surface area contributed by atoms with E-state index in [1.807, 2.05) is 0 Å². The average Bonchev–Trinajstić information content (AvgIpc) is 2.88. The molecule has 144 valence electrons. The molecule has 10 heteroatoms. The Balaban J connectivity index is 2.03. The highest BCUT2D eigenvalue weighted by Crippen LogP contribution is 2.42. The number of aliphatic imine (C=N–C) groups is 1. The fourth-order valence-electron chi connectivity index (χ4n) is 3.42. The number of carbonyl (C=O) groups excluding carboxylic acids is 1. The van der Waals surface area contributed by atoms with Crippen LogP contribution in [0.1, 0.15) is 21.5 Å². The predicted molar refractivity (Wildman–Crippen MR) is 106 cm³/mol. The number of anilines is 1. The van der Waals surface area contributed by atoms with Gasteiger partial charge in [0, 0.05) is 29.4 Å². The van der Waals surface area contributed by atoms with Gasteiger partial charge >= 0.3 is 0 Å². The molecule has 1 aliphatic carbocycles. The summed E-state index contributed by atoms with van der Waals surface area (Å²) in [6.45, 7) is 0. The van der Waals surface area contributed by atoms with Crippen LogP contribution in [0.15, 0.2) is 52.4 Å². The van der Waals surface area contributed by atoms with Gasteiger partial charge in [0.25, 0.3) is 10.0 Å². The molecular formula is C18H15N3O5S2. The van der Waals surface area contributed by atoms with Crippen molar-refractivity contribution in [3.63, 3.8) is 0 Å².